The summed E-state index contributed by atoms with van der Waals surface area (Å²) in [7, 11) is 2.15. The third-order valence-corrected chi connectivity index (χ3v) is 4.21. The molecule has 0 radical (unpaired) electrons. The van der Waals surface area contributed by atoms with E-state index in [1.807, 2.05) is 24.3 Å². The molecule has 1 atom stereocenters. The van der Waals surface area contributed by atoms with Crippen molar-refractivity contribution < 1.29 is 4.79 Å². The summed E-state index contributed by atoms with van der Waals surface area (Å²) in [5, 5.41) is 3.09. The van der Waals surface area contributed by atoms with E-state index < -0.39 is 0 Å². The van der Waals surface area contributed by atoms with Crippen molar-refractivity contribution >= 4 is 11.6 Å². The maximum atomic E-state index is 12.1. The molecule has 1 aromatic carbocycles. The van der Waals surface area contributed by atoms with Gasteiger partial charge < -0.3 is 16.0 Å². The smallest absolute Gasteiger partial charge is 0.220 e. The molecule has 0 aliphatic carbocycles. The Kier molecular flexibility index (Phi) is 6.21. The molecule has 0 bridgehead atoms. The summed E-state index contributed by atoms with van der Waals surface area (Å²) in [6, 6.07) is 7.92. The zero-order valence-electron chi connectivity index (χ0n) is 13.7. The monoisotopic (exact) mass is 304 g/mol. The van der Waals surface area contributed by atoms with Crippen molar-refractivity contribution in [1.82, 2.24) is 15.1 Å². The van der Waals surface area contributed by atoms with Gasteiger partial charge >= 0.3 is 0 Å². The quantitative estimate of drug-likeness (QED) is 0.768. The maximum absolute atomic E-state index is 12.1. The van der Waals surface area contributed by atoms with Gasteiger partial charge in [-0.3, -0.25) is 9.69 Å². The van der Waals surface area contributed by atoms with Crippen LogP contribution in [-0.4, -0.2) is 61.5 Å². The van der Waals surface area contributed by atoms with E-state index in [9.17, 15) is 4.79 Å². The second kappa shape index (κ2) is 8.15. The van der Waals surface area contributed by atoms with Gasteiger partial charge in [0, 0.05) is 50.9 Å². The molecule has 0 saturated carbocycles. The highest BCUT2D eigenvalue weighted by Crippen LogP contribution is 2.12. The van der Waals surface area contributed by atoms with Gasteiger partial charge in [-0.2, -0.15) is 0 Å². The molecule has 5 nitrogen and oxygen atoms in total. The molecule has 1 heterocycles. The number of nitrogens with one attached hydrogen (secondary N) is 1. The number of carbonyl (C=O) groups excluding carboxylic acids is 1. The molecular formula is C17H28N4O. The second-order valence-electron chi connectivity index (χ2n) is 6.27. The Morgan fingerprint density at radius 3 is 2.64 bits per heavy atom. The van der Waals surface area contributed by atoms with Gasteiger partial charge in [0.25, 0.3) is 0 Å². The van der Waals surface area contributed by atoms with Crippen LogP contribution in [0.1, 0.15) is 18.9 Å². The molecular weight excluding hydrogens is 276 g/mol. The molecule has 1 aliphatic heterocycles. The van der Waals surface area contributed by atoms with E-state index >= 15 is 0 Å². The van der Waals surface area contributed by atoms with E-state index in [1.54, 1.807) is 0 Å². The van der Waals surface area contributed by atoms with Crippen molar-refractivity contribution in [2.75, 3.05) is 45.5 Å². The van der Waals surface area contributed by atoms with Crippen LogP contribution in [0.15, 0.2) is 24.3 Å². The summed E-state index contributed by atoms with van der Waals surface area (Å²) in [6.45, 7) is 7.37. The first-order valence-corrected chi connectivity index (χ1v) is 8.08. The molecule has 3 N–H and O–H groups in total. The summed E-state index contributed by atoms with van der Waals surface area (Å²) in [5.41, 5.74) is 7.71. The van der Waals surface area contributed by atoms with Crippen LogP contribution in [0.5, 0.6) is 0 Å². The number of hydrogen-bond acceptors (Lipinski definition) is 4. The number of hydrogen-bond donors (Lipinski definition) is 2. The predicted octanol–water partition coefficient (Wildman–Crippen LogP) is 0.954. The topological polar surface area (TPSA) is 61.6 Å². The summed E-state index contributed by atoms with van der Waals surface area (Å²) >= 11 is 0. The number of rotatable bonds is 6. The summed E-state index contributed by atoms with van der Waals surface area (Å²) in [5.74, 6) is 0.102. The summed E-state index contributed by atoms with van der Waals surface area (Å²) in [4.78, 5) is 16.8. The van der Waals surface area contributed by atoms with Crippen LogP contribution in [0.3, 0.4) is 0 Å². The fraction of sp³-hybridized carbons (Fsp3) is 0.588. The predicted molar refractivity (Wildman–Crippen MR) is 90.7 cm³/mol. The van der Waals surface area contributed by atoms with E-state index in [2.05, 4.69) is 29.1 Å². The lowest BCUT2D eigenvalue weighted by Crippen LogP contribution is -2.49. The minimum Gasteiger partial charge on any atom is -0.399 e. The van der Waals surface area contributed by atoms with Crippen LogP contribution in [-0.2, 0) is 11.2 Å². The lowest BCUT2D eigenvalue weighted by Gasteiger charge is -2.34. The van der Waals surface area contributed by atoms with Gasteiger partial charge in [0.15, 0.2) is 0 Å². The fourth-order valence-corrected chi connectivity index (χ4v) is 2.82. The van der Waals surface area contributed by atoms with E-state index in [1.165, 1.54) is 0 Å². The molecule has 1 aliphatic rings. The molecule has 1 fully saturated rings. The lowest BCUT2D eigenvalue weighted by atomic mass is 10.1. The standard InChI is InChI=1S/C17H28N4O/c1-14(13-21-11-9-20(2)10-12-21)19-17(22)8-7-15-5-3-4-6-16(15)18/h3-6,14H,7-13,18H2,1-2H3,(H,19,22). The second-order valence-corrected chi connectivity index (χ2v) is 6.27. The zero-order valence-corrected chi connectivity index (χ0v) is 13.7. The van der Waals surface area contributed by atoms with Crippen molar-refractivity contribution in [2.45, 2.75) is 25.8 Å². The van der Waals surface area contributed by atoms with Crippen LogP contribution in [0, 0.1) is 0 Å². The fourth-order valence-electron chi connectivity index (χ4n) is 2.82. The van der Waals surface area contributed by atoms with Gasteiger partial charge in [0.1, 0.15) is 0 Å². The molecule has 22 heavy (non-hydrogen) atoms. The Balaban J connectivity index is 1.69. The number of nitrogens with zero attached hydrogens (tertiary/aromatic N) is 2. The van der Waals surface area contributed by atoms with Crippen molar-refractivity contribution in [3.05, 3.63) is 29.8 Å². The molecule has 0 spiro atoms. The molecule has 1 aromatic rings. The summed E-state index contributed by atoms with van der Waals surface area (Å²) in [6.07, 6.45) is 1.18. The van der Waals surface area contributed by atoms with Crippen molar-refractivity contribution in [2.24, 2.45) is 0 Å². The van der Waals surface area contributed by atoms with Crippen LogP contribution < -0.4 is 11.1 Å². The Morgan fingerprint density at radius 1 is 1.27 bits per heavy atom. The third-order valence-electron chi connectivity index (χ3n) is 4.21. The van der Waals surface area contributed by atoms with Gasteiger partial charge in [0.2, 0.25) is 5.91 Å². The third kappa shape index (κ3) is 5.31. The Bertz CT molecular complexity index is 483. The van der Waals surface area contributed by atoms with Gasteiger partial charge in [-0.1, -0.05) is 18.2 Å². The zero-order chi connectivity index (χ0) is 15.9. The number of piperazine rings is 1. The van der Waals surface area contributed by atoms with Crippen LogP contribution in [0.2, 0.25) is 0 Å². The Morgan fingerprint density at radius 2 is 1.95 bits per heavy atom. The number of amides is 1. The van der Waals surface area contributed by atoms with Gasteiger partial charge in [-0.25, -0.2) is 0 Å². The largest absolute Gasteiger partial charge is 0.399 e. The van der Waals surface area contributed by atoms with E-state index in [0.29, 0.717) is 12.8 Å². The number of benzene rings is 1. The molecule has 1 amide bonds. The van der Waals surface area contributed by atoms with Crippen molar-refractivity contribution in [1.29, 1.82) is 0 Å². The minimum absolute atomic E-state index is 0.102. The van der Waals surface area contributed by atoms with Gasteiger partial charge in [-0.15, -0.1) is 0 Å². The highest BCUT2D eigenvalue weighted by atomic mass is 16.1. The van der Waals surface area contributed by atoms with Crippen LogP contribution in [0.25, 0.3) is 0 Å². The van der Waals surface area contributed by atoms with E-state index in [0.717, 1.165) is 44.0 Å². The first kappa shape index (κ1) is 16.8. The Hall–Kier alpha value is -1.59. The average Bonchev–Trinajstić information content (AvgIpc) is 2.49. The number of carbonyl (C=O) groups is 1. The van der Waals surface area contributed by atoms with Crippen molar-refractivity contribution in [3.63, 3.8) is 0 Å². The van der Waals surface area contributed by atoms with Gasteiger partial charge in [-0.05, 0) is 32.0 Å². The summed E-state index contributed by atoms with van der Waals surface area (Å²) < 4.78 is 0. The van der Waals surface area contributed by atoms with Crippen LogP contribution in [0.4, 0.5) is 5.69 Å². The van der Waals surface area contributed by atoms with Gasteiger partial charge in [0.05, 0.1) is 0 Å². The number of nitrogens with two attached hydrogens (primary N) is 1. The van der Waals surface area contributed by atoms with Crippen molar-refractivity contribution in [3.8, 4) is 0 Å². The lowest BCUT2D eigenvalue weighted by molar-refractivity contribution is -0.121. The molecule has 5 heteroatoms. The first-order chi connectivity index (χ1) is 10.5. The minimum atomic E-state index is 0.102. The SMILES string of the molecule is CC(CN1CCN(C)CC1)NC(=O)CCc1ccccc1N. The first-order valence-electron chi connectivity index (χ1n) is 8.08. The number of anilines is 1. The molecule has 1 unspecified atom stereocenters. The molecule has 1 saturated heterocycles. The normalized spacial score (nSPS) is 18.1. The molecule has 2 rings (SSSR count). The van der Waals surface area contributed by atoms with E-state index in [-0.39, 0.29) is 11.9 Å². The number of likely N-dealkylation sites (N-methyl/N-ethyl adjacent to an activating group) is 1. The average molecular weight is 304 g/mol. The molecule has 122 valence electrons. The number of nitrogen functional groups attached to an aromatic ring is 1. The maximum Gasteiger partial charge on any atom is 0.220 e. The Labute approximate surface area is 133 Å². The molecule has 0 aromatic heterocycles. The highest BCUT2D eigenvalue weighted by molar-refractivity contribution is 5.76. The number of aryl methyl sites for hydroxylation is 1. The number of para-hydroxylation sites is 1. The highest BCUT2D eigenvalue weighted by Gasteiger charge is 2.17. The van der Waals surface area contributed by atoms with E-state index in [4.69, 9.17) is 5.73 Å². The van der Waals surface area contributed by atoms with Crippen LogP contribution >= 0.6 is 0 Å².